The highest BCUT2D eigenvalue weighted by atomic mass is 14.8. The molecule has 0 bridgehead atoms. The van der Waals surface area contributed by atoms with Gasteiger partial charge in [0.15, 0.2) is 0 Å². The van der Waals surface area contributed by atoms with Crippen LogP contribution in [0.25, 0.3) is 0 Å². The quantitative estimate of drug-likeness (QED) is 0.0467. The van der Waals surface area contributed by atoms with Crippen LogP contribution >= 0.6 is 0 Å². The van der Waals surface area contributed by atoms with Crippen LogP contribution in [0.2, 0.25) is 0 Å². The van der Waals surface area contributed by atoms with Crippen LogP contribution in [0, 0.1) is 0 Å². The molecule has 0 saturated heterocycles. The summed E-state index contributed by atoms with van der Waals surface area (Å²) >= 11 is 0. The van der Waals surface area contributed by atoms with Gasteiger partial charge in [-0.15, -0.1) is 0 Å². The average molecular weight is 910 g/mol. The lowest BCUT2D eigenvalue weighted by Gasteiger charge is -2.15. The summed E-state index contributed by atoms with van der Waals surface area (Å²) in [5.74, 6) is 0. The van der Waals surface area contributed by atoms with Gasteiger partial charge >= 0.3 is 0 Å². The van der Waals surface area contributed by atoms with E-state index in [-0.39, 0.29) is 0 Å². The molecule has 0 saturated carbocycles. The van der Waals surface area contributed by atoms with Gasteiger partial charge in [-0.2, -0.15) is 0 Å². The van der Waals surface area contributed by atoms with Gasteiger partial charge in [0.05, 0.1) is 22.8 Å². The fraction of sp³-hybridized carbons (Fsp3) is 0.781. The van der Waals surface area contributed by atoms with Crippen molar-refractivity contribution in [3.8, 4) is 0 Å². The Bertz CT molecular complexity index is 1450. The van der Waals surface area contributed by atoms with E-state index in [1.807, 2.05) is 0 Å². The first-order valence-corrected chi connectivity index (χ1v) is 30.0. The number of hydrogen-bond acceptors (Lipinski definition) is 2. The minimum Gasteiger partial charge on any atom is -0.252 e. The summed E-state index contributed by atoms with van der Waals surface area (Å²) in [5.41, 5.74) is 10.9. The van der Waals surface area contributed by atoms with Crippen molar-refractivity contribution in [3.63, 3.8) is 0 Å². The Hall–Kier alpha value is -2.22. The Balaban J connectivity index is 1.91. The lowest BCUT2D eigenvalue weighted by Crippen LogP contribution is -2.14. The van der Waals surface area contributed by atoms with E-state index in [1.165, 1.54) is 291 Å². The molecule has 0 amide bonds. The molecule has 2 aromatic carbocycles. The zero-order chi connectivity index (χ0) is 47.4. The van der Waals surface area contributed by atoms with Gasteiger partial charge in [0.1, 0.15) is 0 Å². The van der Waals surface area contributed by atoms with Gasteiger partial charge in [-0.1, -0.05) is 259 Å². The second kappa shape index (κ2) is 44.0. The van der Waals surface area contributed by atoms with Crippen LogP contribution in [0.5, 0.6) is 0 Å². The maximum atomic E-state index is 5.59. The highest BCUT2D eigenvalue weighted by Crippen LogP contribution is 2.27. The van der Waals surface area contributed by atoms with Crippen molar-refractivity contribution >= 4 is 22.8 Å². The molecule has 2 aromatic rings. The van der Waals surface area contributed by atoms with Gasteiger partial charge in [-0.05, 0) is 124 Å². The molecule has 0 aromatic heterocycles. The minimum absolute atomic E-state index is 1.03. The summed E-state index contributed by atoms with van der Waals surface area (Å²) in [6.45, 7) is 13.9. The molecule has 2 nitrogen and oxygen atoms in total. The van der Waals surface area contributed by atoms with Crippen molar-refractivity contribution in [2.45, 2.75) is 324 Å². The second-order valence-electron chi connectivity index (χ2n) is 20.8. The molecule has 0 aliphatic carbocycles. The molecular weight excluding hydrogens is 797 g/mol. The Morgan fingerprint density at radius 3 is 0.758 bits per heavy atom. The topological polar surface area (TPSA) is 24.7 Å². The molecule has 0 atom stereocenters. The van der Waals surface area contributed by atoms with E-state index >= 15 is 0 Å². The number of hydrogen-bond donors (Lipinski definition) is 0. The Morgan fingerprint density at radius 2 is 0.485 bits per heavy atom. The maximum absolute atomic E-state index is 5.59. The van der Waals surface area contributed by atoms with Gasteiger partial charge in [0.25, 0.3) is 0 Å². The predicted octanol–water partition coefficient (Wildman–Crippen LogP) is 22.4. The number of unbranched alkanes of at least 4 members (excludes halogenated alkanes) is 32. The number of benzene rings is 2. The molecule has 0 heterocycles. The summed E-state index contributed by atoms with van der Waals surface area (Å²) in [7, 11) is 0. The monoisotopic (exact) mass is 909 g/mol. The molecule has 66 heavy (non-hydrogen) atoms. The number of aliphatic imine (C=N–C) groups is 2. The van der Waals surface area contributed by atoms with E-state index in [4.69, 9.17) is 9.98 Å². The molecule has 0 fully saturated rings. The van der Waals surface area contributed by atoms with Gasteiger partial charge in [-0.25, -0.2) is 0 Å². The Labute approximate surface area is 413 Å². The average Bonchev–Trinajstić information content (AvgIpc) is 3.33. The largest absolute Gasteiger partial charge is 0.252 e. The van der Waals surface area contributed by atoms with E-state index in [0.717, 1.165) is 37.1 Å². The van der Waals surface area contributed by atoms with Crippen molar-refractivity contribution in [1.29, 1.82) is 0 Å². The molecule has 0 radical (unpaired) electrons. The molecule has 378 valence electrons. The fourth-order valence-corrected chi connectivity index (χ4v) is 9.95. The maximum Gasteiger partial charge on any atom is 0.0636 e. The van der Waals surface area contributed by atoms with Gasteiger partial charge in [0, 0.05) is 0 Å². The van der Waals surface area contributed by atoms with E-state index in [2.05, 4.69) is 77.9 Å². The first kappa shape index (κ1) is 59.9. The van der Waals surface area contributed by atoms with Crippen LogP contribution in [-0.4, -0.2) is 11.4 Å². The molecule has 0 aliphatic heterocycles. The molecule has 0 aliphatic rings. The molecule has 0 N–H and O–H groups in total. The molecule has 0 spiro atoms. The summed E-state index contributed by atoms with van der Waals surface area (Å²) in [4.78, 5) is 11.2. The van der Waals surface area contributed by atoms with E-state index in [9.17, 15) is 0 Å². The third-order valence-electron chi connectivity index (χ3n) is 14.5. The highest BCUT2D eigenvalue weighted by molar-refractivity contribution is 6.43. The standard InChI is InChI=1S/C64H112N2/c1-7-13-19-21-22-23-24-25-26-27-28-29-30-31-32-33-34-35-36-37-38-39-40-41-42-44-50-64(66-62-54-52-58(46-16-10-4)60(56-62)48-18-12-6)63(49-43-20-14-8-2)65-61-53-51-57(45-15-9-3)59(55-61)47-17-11-5/h51-56H,7-50H2,1-6H3. The summed E-state index contributed by atoms with van der Waals surface area (Å²) < 4.78 is 0. The molecule has 2 rings (SSSR count). The fourth-order valence-electron chi connectivity index (χ4n) is 9.95. The van der Waals surface area contributed by atoms with Gasteiger partial charge in [-0.3, -0.25) is 9.98 Å². The summed E-state index contributed by atoms with van der Waals surface area (Å²) in [5, 5.41) is 0. The third kappa shape index (κ3) is 31.0. The predicted molar refractivity (Wildman–Crippen MR) is 301 cm³/mol. The van der Waals surface area contributed by atoms with Crippen LogP contribution < -0.4 is 0 Å². The Kier molecular flexibility index (Phi) is 40.0. The van der Waals surface area contributed by atoms with Crippen molar-refractivity contribution in [3.05, 3.63) is 58.7 Å². The smallest absolute Gasteiger partial charge is 0.0636 e. The zero-order valence-electron chi connectivity index (χ0n) is 45.5. The van der Waals surface area contributed by atoms with Crippen molar-refractivity contribution < 1.29 is 0 Å². The van der Waals surface area contributed by atoms with E-state index < -0.39 is 0 Å². The molecule has 2 heteroatoms. The van der Waals surface area contributed by atoms with E-state index in [1.54, 1.807) is 0 Å². The second-order valence-corrected chi connectivity index (χ2v) is 20.8. The lowest BCUT2D eigenvalue weighted by atomic mass is 9.96. The SMILES string of the molecule is CCCCCCCCCCCCCCCCCCCCCCCCCCCCC(=Nc1ccc(CCCC)c(CCCC)c1)C(CCCCCC)=Nc1ccc(CCCC)c(CCCC)c1. The van der Waals surface area contributed by atoms with Crippen LogP contribution in [0.4, 0.5) is 11.4 Å². The molecular formula is C64H112N2. The first-order valence-electron chi connectivity index (χ1n) is 30.0. The number of nitrogens with zero attached hydrogens (tertiary/aromatic N) is 2. The van der Waals surface area contributed by atoms with E-state index in [0.29, 0.717) is 0 Å². The van der Waals surface area contributed by atoms with Gasteiger partial charge < -0.3 is 0 Å². The highest BCUT2D eigenvalue weighted by Gasteiger charge is 2.14. The normalized spacial score (nSPS) is 12.2. The summed E-state index contributed by atoms with van der Waals surface area (Å²) in [6, 6.07) is 14.3. The zero-order valence-corrected chi connectivity index (χ0v) is 45.5. The number of aryl methyl sites for hydroxylation is 4. The van der Waals surface area contributed by atoms with Crippen LogP contribution in [0.1, 0.15) is 321 Å². The lowest BCUT2D eigenvalue weighted by molar-refractivity contribution is 0.515. The van der Waals surface area contributed by atoms with Crippen molar-refractivity contribution in [1.82, 2.24) is 0 Å². The van der Waals surface area contributed by atoms with Crippen molar-refractivity contribution in [2.24, 2.45) is 9.98 Å². The minimum atomic E-state index is 1.03. The Morgan fingerprint density at radius 1 is 0.258 bits per heavy atom. The van der Waals surface area contributed by atoms with Gasteiger partial charge in [0.2, 0.25) is 0 Å². The van der Waals surface area contributed by atoms with Crippen LogP contribution in [0.15, 0.2) is 46.4 Å². The molecule has 0 unspecified atom stereocenters. The first-order chi connectivity index (χ1) is 32.6. The third-order valence-corrected chi connectivity index (χ3v) is 14.5. The summed E-state index contributed by atoms with van der Waals surface area (Å²) in [6.07, 6.45) is 59.0. The van der Waals surface area contributed by atoms with Crippen molar-refractivity contribution in [2.75, 3.05) is 0 Å². The van der Waals surface area contributed by atoms with Crippen LogP contribution in [-0.2, 0) is 25.7 Å². The van der Waals surface area contributed by atoms with Crippen LogP contribution in [0.3, 0.4) is 0 Å². The number of rotatable bonds is 47.